The van der Waals surface area contributed by atoms with Gasteiger partial charge in [0.2, 0.25) is 5.91 Å². The highest BCUT2D eigenvalue weighted by Gasteiger charge is 2.23. The fourth-order valence-corrected chi connectivity index (χ4v) is 5.11. The number of aromatic nitrogens is 2. The SMILES string of the molecule is CCC(Sc1cccc(NC(=S)Nc2ccccc2)c1)C(=O)Nc1c(C)n(C)n(-c2ccccc2)c1=O. The quantitative estimate of drug-likeness (QED) is 0.197. The van der Waals surface area contributed by atoms with Gasteiger partial charge in [0.1, 0.15) is 5.69 Å². The molecule has 0 bridgehead atoms. The molecule has 37 heavy (non-hydrogen) atoms. The van der Waals surface area contributed by atoms with Crippen LogP contribution in [0.15, 0.2) is 94.6 Å². The summed E-state index contributed by atoms with van der Waals surface area (Å²) in [5, 5.41) is 9.34. The minimum absolute atomic E-state index is 0.210. The Morgan fingerprint density at radius 2 is 1.54 bits per heavy atom. The van der Waals surface area contributed by atoms with E-state index in [1.54, 1.807) is 16.4 Å². The summed E-state index contributed by atoms with van der Waals surface area (Å²) in [4.78, 5) is 27.3. The molecule has 0 fully saturated rings. The summed E-state index contributed by atoms with van der Waals surface area (Å²) in [5.41, 5.74) is 3.18. The van der Waals surface area contributed by atoms with Crippen molar-refractivity contribution in [3.05, 3.63) is 101 Å². The Balaban J connectivity index is 1.45. The van der Waals surface area contributed by atoms with Crippen LogP contribution >= 0.6 is 24.0 Å². The second-order valence-electron chi connectivity index (χ2n) is 8.41. The van der Waals surface area contributed by atoms with Gasteiger partial charge in [-0.1, -0.05) is 49.4 Å². The molecule has 1 unspecified atom stereocenters. The highest BCUT2D eigenvalue weighted by Crippen LogP contribution is 2.29. The molecule has 1 atom stereocenters. The zero-order valence-electron chi connectivity index (χ0n) is 20.9. The summed E-state index contributed by atoms with van der Waals surface area (Å²) >= 11 is 6.88. The molecule has 4 aromatic rings. The van der Waals surface area contributed by atoms with Gasteiger partial charge in [-0.3, -0.25) is 14.3 Å². The van der Waals surface area contributed by atoms with Crippen molar-refractivity contribution in [3.63, 3.8) is 0 Å². The molecule has 1 aromatic heterocycles. The first-order valence-electron chi connectivity index (χ1n) is 11.9. The summed E-state index contributed by atoms with van der Waals surface area (Å²) < 4.78 is 3.31. The maximum atomic E-state index is 13.2. The monoisotopic (exact) mass is 531 g/mol. The van der Waals surface area contributed by atoms with Crippen molar-refractivity contribution in [3.8, 4) is 5.69 Å². The Bertz CT molecular complexity index is 1450. The molecular formula is C28H29N5O2S2. The molecule has 9 heteroatoms. The van der Waals surface area contributed by atoms with E-state index in [0.717, 1.165) is 22.0 Å². The number of hydrogen-bond acceptors (Lipinski definition) is 4. The van der Waals surface area contributed by atoms with Crippen molar-refractivity contribution in [1.82, 2.24) is 9.36 Å². The average molecular weight is 532 g/mol. The number of benzene rings is 3. The second-order valence-corrected chi connectivity index (χ2v) is 10.1. The fourth-order valence-electron chi connectivity index (χ4n) is 3.86. The number of anilines is 3. The van der Waals surface area contributed by atoms with Gasteiger partial charge in [0, 0.05) is 23.3 Å². The molecule has 4 rings (SSSR count). The van der Waals surface area contributed by atoms with E-state index in [4.69, 9.17) is 12.2 Å². The molecule has 3 aromatic carbocycles. The number of para-hydroxylation sites is 2. The molecule has 0 saturated heterocycles. The maximum Gasteiger partial charge on any atom is 0.295 e. The van der Waals surface area contributed by atoms with Crippen molar-refractivity contribution < 1.29 is 4.79 Å². The predicted molar refractivity (Wildman–Crippen MR) is 157 cm³/mol. The minimum atomic E-state index is -0.381. The van der Waals surface area contributed by atoms with E-state index >= 15 is 0 Å². The predicted octanol–water partition coefficient (Wildman–Crippen LogP) is 5.80. The van der Waals surface area contributed by atoms with Gasteiger partial charge in [0.25, 0.3) is 5.56 Å². The van der Waals surface area contributed by atoms with Crippen LogP contribution < -0.4 is 21.5 Å². The topological polar surface area (TPSA) is 80.1 Å². The van der Waals surface area contributed by atoms with E-state index in [1.165, 1.54) is 11.8 Å². The van der Waals surface area contributed by atoms with Crippen molar-refractivity contribution >= 4 is 52.1 Å². The molecular weight excluding hydrogens is 502 g/mol. The minimum Gasteiger partial charge on any atom is -0.332 e. The van der Waals surface area contributed by atoms with E-state index < -0.39 is 0 Å². The van der Waals surface area contributed by atoms with Gasteiger partial charge >= 0.3 is 0 Å². The number of rotatable bonds is 8. The number of hydrogen-bond donors (Lipinski definition) is 3. The summed E-state index contributed by atoms with van der Waals surface area (Å²) in [7, 11) is 1.81. The van der Waals surface area contributed by atoms with Crippen molar-refractivity contribution in [2.75, 3.05) is 16.0 Å². The van der Waals surface area contributed by atoms with Crippen molar-refractivity contribution in [1.29, 1.82) is 0 Å². The number of nitrogens with one attached hydrogen (secondary N) is 3. The lowest BCUT2D eigenvalue weighted by Gasteiger charge is -2.15. The Labute approximate surface area is 225 Å². The van der Waals surface area contributed by atoms with Crippen LogP contribution in [0.25, 0.3) is 5.69 Å². The van der Waals surface area contributed by atoms with E-state index in [0.29, 0.717) is 22.9 Å². The van der Waals surface area contributed by atoms with Crippen LogP contribution in [0.1, 0.15) is 19.0 Å². The average Bonchev–Trinajstić information content (AvgIpc) is 3.11. The van der Waals surface area contributed by atoms with Gasteiger partial charge in [-0.15, -0.1) is 11.8 Å². The molecule has 0 saturated carbocycles. The van der Waals surface area contributed by atoms with Crippen LogP contribution in [-0.4, -0.2) is 25.6 Å². The maximum absolute atomic E-state index is 13.2. The van der Waals surface area contributed by atoms with Crippen molar-refractivity contribution in [2.24, 2.45) is 7.05 Å². The smallest absolute Gasteiger partial charge is 0.295 e. The summed E-state index contributed by atoms with van der Waals surface area (Å²) in [5.74, 6) is -0.210. The Morgan fingerprint density at radius 1 is 0.919 bits per heavy atom. The molecule has 1 heterocycles. The summed E-state index contributed by atoms with van der Waals surface area (Å²) in [6.07, 6.45) is 0.598. The van der Waals surface area contributed by atoms with Gasteiger partial charge < -0.3 is 16.0 Å². The van der Waals surface area contributed by atoms with Gasteiger partial charge in [-0.25, -0.2) is 4.68 Å². The first-order chi connectivity index (χ1) is 17.9. The first kappa shape index (κ1) is 26.2. The van der Waals surface area contributed by atoms with Crippen molar-refractivity contribution in [2.45, 2.75) is 30.4 Å². The Hall–Kier alpha value is -3.82. The number of carbonyl (C=O) groups excluding carboxylic acids is 1. The van der Waals surface area contributed by atoms with E-state index in [9.17, 15) is 9.59 Å². The Morgan fingerprint density at radius 3 is 2.22 bits per heavy atom. The molecule has 0 aliphatic heterocycles. The normalized spacial score (nSPS) is 11.5. The number of amides is 1. The molecule has 1 amide bonds. The first-order valence-corrected chi connectivity index (χ1v) is 13.2. The Kier molecular flexibility index (Phi) is 8.47. The summed E-state index contributed by atoms with van der Waals surface area (Å²) in [6.45, 7) is 3.78. The highest BCUT2D eigenvalue weighted by molar-refractivity contribution is 8.00. The van der Waals surface area contributed by atoms with E-state index in [2.05, 4.69) is 16.0 Å². The third kappa shape index (κ3) is 6.31. The molecule has 0 aliphatic rings. The molecule has 3 N–H and O–H groups in total. The third-order valence-electron chi connectivity index (χ3n) is 5.87. The van der Waals surface area contributed by atoms with Gasteiger partial charge in [0.15, 0.2) is 5.11 Å². The lowest BCUT2D eigenvalue weighted by atomic mass is 10.3. The zero-order valence-corrected chi connectivity index (χ0v) is 22.5. The van der Waals surface area contributed by atoms with Crippen LogP contribution in [0.4, 0.5) is 17.1 Å². The largest absolute Gasteiger partial charge is 0.332 e. The number of thioether (sulfide) groups is 1. The number of thiocarbonyl (C=S) groups is 1. The van der Waals surface area contributed by atoms with Crippen LogP contribution in [-0.2, 0) is 11.8 Å². The van der Waals surface area contributed by atoms with Crippen LogP contribution in [0.3, 0.4) is 0 Å². The lowest BCUT2D eigenvalue weighted by molar-refractivity contribution is -0.115. The standard InChI is InChI=1S/C28H29N5O2S2/c1-4-24(26(34)31-25-19(2)32(3)33(27(25)35)22-15-9-6-10-16-22)37-23-17-11-14-21(18-23)30-28(36)29-20-12-7-5-8-13-20/h5-18,24H,4H2,1-3H3,(H,31,34)(H2,29,30,36). The van der Waals surface area contributed by atoms with Gasteiger partial charge in [-0.05, 0) is 68.0 Å². The summed E-state index contributed by atoms with van der Waals surface area (Å²) in [6, 6.07) is 26.8. The second kappa shape index (κ2) is 11.9. The molecule has 0 aliphatic carbocycles. The number of carbonyl (C=O) groups is 1. The fraction of sp³-hybridized carbons (Fsp3) is 0.179. The van der Waals surface area contributed by atoms with Crippen LogP contribution in [0.2, 0.25) is 0 Å². The molecule has 0 spiro atoms. The molecule has 190 valence electrons. The highest BCUT2D eigenvalue weighted by atomic mass is 32.2. The third-order valence-corrected chi connectivity index (χ3v) is 7.43. The van der Waals surface area contributed by atoms with Gasteiger partial charge in [0.05, 0.1) is 16.6 Å². The molecule has 7 nitrogen and oxygen atoms in total. The van der Waals surface area contributed by atoms with E-state index in [1.807, 2.05) is 98.8 Å². The van der Waals surface area contributed by atoms with E-state index in [-0.39, 0.29) is 16.7 Å². The van der Waals surface area contributed by atoms with Crippen LogP contribution in [0.5, 0.6) is 0 Å². The molecule has 0 radical (unpaired) electrons. The van der Waals surface area contributed by atoms with Gasteiger partial charge in [-0.2, -0.15) is 0 Å². The lowest BCUT2D eigenvalue weighted by Crippen LogP contribution is -2.28. The number of nitrogens with zero attached hydrogens (tertiary/aromatic N) is 2. The zero-order chi connectivity index (χ0) is 26.4. The van der Waals surface area contributed by atoms with Crippen LogP contribution in [0, 0.1) is 6.92 Å².